The third-order valence-corrected chi connectivity index (χ3v) is 4.04. The Balaban J connectivity index is 2.19. The Kier molecular flexibility index (Phi) is 6.17. The number of anilines is 1. The number of nitrogens with zero attached hydrogens (tertiary/aromatic N) is 1. The number of pyridine rings is 1. The normalized spacial score (nSPS) is 11.7. The molecule has 1 atom stereocenters. The predicted molar refractivity (Wildman–Crippen MR) is 95.9 cm³/mol. The van der Waals surface area contributed by atoms with E-state index < -0.39 is 5.91 Å². The van der Waals surface area contributed by atoms with Crippen molar-refractivity contribution in [2.24, 2.45) is 0 Å². The maximum absolute atomic E-state index is 12.3. The lowest BCUT2D eigenvalue weighted by molar-refractivity contribution is 0.0934. The summed E-state index contributed by atoms with van der Waals surface area (Å²) >= 11 is 12.1. The topological polar surface area (TPSA) is 71.1 Å². The van der Waals surface area contributed by atoms with Crippen LogP contribution in [0.1, 0.15) is 41.2 Å². The van der Waals surface area contributed by atoms with Crippen molar-refractivity contribution in [1.82, 2.24) is 10.3 Å². The molecular formula is C17H17Cl2N3O2. The van der Waals surface area contributed by atoms with E-state index in [2.05, 4.69) is 15.6 Å². The van der Waals surface area contributed by atoms with Crippen molar-refractivity contribution in [3.8, 4) is 0 Å². The predicted octanol–water partition coefficient (Wildman–Crippen LogP) is 4.17. The molecule has 5 nitrogen and oxygen atoms in total. The van der Waals surface area contributed by atoms with E-state index in [0.29, 0.717) is 15.7 Å². The minimum Gasteiger partial charge on any atom is -0.348 e. The van der Waals surface area contributed by atoms with Crippen molar-refractivity contribution in [2.75, 3.05) is 5.32 Å². The van der Waals surface area contributed by atoms with Gasteiger partial charge in [-0.3, -0.25) is 9.59 Å². The van der Waals surface area contributed by atoms with Crippen LogP contribution < -0.4 is 10.6 Å². The van der Waals surface area contributed by atoms with E-state index >= 15 is 0 Å². The molecule has 2 rings (SSSR count). The van der Waals surface area contributed by atoms with Gasteiger partial charge in [-0.1, -0.05) is 42.3 Å². The average molecular weight is 366 g/mol. The number of aromatic nitrogens is 1. The maximum Gasteiger partial charge on any atom is 0.274 e. The van der Waals surface area contributed by atoms with Gasteiger partial charge < -0.3 is 10.6 Å². The molecule has 2 N–H and O–H groups in total. The number of benzene rings is 1. The van der Waals surface area contributed by atoms with Gasteiger partial charge in [0.2, 0.25) is 0 Å². The third-order valence-electron chi connectivity index (χ3n) is 3.41. The highest BCUT2D eigenvalue weighted by Crippen LogP contribution is 2.30. The van der Waals surface area contributed by atoms with Crippen LogP contribution in [0.15, 0.2) is 36.4 Å². The Morgan fingerprint density at radius 2 is 1.58 bits per heavy atom. The molecule has 0 aliphatic heterocycles. The zero-order valence-corrected chi connectivity index (χ0v) is 14.8. The van der Waals surface area contributed by atoms with Gasteiger partial charge in [-0.15, -0.1) is 0 Å². The molecule has 7 heteroatoms. The summed E-state index contributed by atoms with van der Waals surface area (Å²) in [5.74, 6) is -0.821. The average Bonchev–Trinajstić information content (AvgIpc) is 2.58. The van der Waals surface area contributed by atoms with E-state index in [1.165, 1.54) is 6.07 Å². The molecule has 0 spiro atoms. The van der Waals surface area contributed by atoms with E-state index in [1.807, 2.05) is 13.8 Å². The molecule has 0 saturated carbocycles. The summed E-state index contributed by atoms with van der Waals surface area (Å²) in [6.45, 7) is 3.86. The fraction of sp³-hybridized carbons (Fsp3) is 0.235. The molecule has 0 radical (unpaired) electrons. The summed E-state index contributed by atoms with van der Waals surface area (Å²) in [7, 11) is 0. The molecule has 0 saturated heterocycles. The second kappa shape index (κ2) is 8.13. The standard InChI is InChI=1S/C17H17Cl2N3O2/c1-3-10(2)20-16(23)13-8-5-9-14(21-13)17(24)22-15-11(18)6-4-7-12(15)19/h4-10H,3H2,1-2H3,(H,20,23)(H,22,24). The number of carbonyl (C=O) groups is 2. The molecule has 0 bridgehead atoms. The molecule has 126 valence electrons. The number of para-hydroxylation sites is 1. The van der Waals surface area contributed by atoms with Gasteiger partial charge in [-0.05, 0) is 37.6 Å². The van der Waals surface area contributed by atoms with Gasteiger partial charge >= 0.3 is 0 Å². The number of hydrogen-bond acceptors (Lipinski definition) is 3. The van der Waals surface area contributed by atoms with Gasteiger partial charge in [0.15, 0.2) is 0 Å². The molecule has 2 aromatic rings. The highest BCUT2D eigenvalue weighted by atomic mass is 35.5. The quantitative estimate of drug-likeness (QED) is 0.834. The first-order valence-electron chi connectivity index (χ1n) is 7.45. The summed E-state index contributed by atoms with van der Waals surface area (Å²) < 4.78 is 0. The minimum atomic E-state index is -0.497. The molecule has 0 aliphatic rings. The van der Waals surface area contributed by atoms with Crippen molar-refractivity contribution < 1.29 is 9.59 Å². The van der Waals surface area contributed by atoms with Crippen molar-refractivity contribution in [2.45, 2.75) is 26.3 Å². The molecule has 1 aromatic carbocycles. The Bertz CT molecular complexity index is 745. The molecule has 0 aliphatic carbocycles. The van der Waals surface area contributed by atoms with Crippen LogP contribution in [0.5, 0.6) is 0 Å². The van der Waals surface area contributed by atoms with Crippen LogP contribution in [0.25, 0.3) is 0 Å². The summed E-state index contributed by atoms with van der Waals surface area (Å²) in [5.41, 5.74) is 0.582. The van der Waals surface area contributed by atoms with Gasteiger partial charge in [0, 0.05) is 6.04 Å². The zero-order valence-electron chi connectivity index (χ0n) is 13.3. The van der Waals surface area contributed by atoms with Crippen LogP contribution >= 0.6 is 23.2 Å². The van der Waals surface area contributed by atoms with E-state index in [4.69, 9.17) is 23.2 Å². The highest BCUT2D eigenvalue weighted by Gasteiger charge is 2.15. The molecule has 2 amide bonds. The van der Waals surface area contributed by atoms with Crippen molar-refractivity contribution in [3.63, 3.8) is 0 Å². The van der Waals surface area contributed by atoms with Crippen molar-refractivity contribution in [1.29, 1.82) is 0 Å². The van der Waals surface area contributed by atoms with Crippen molar-refractivity contribution >= 4 is 40.7 Å². The number of halogens is 2. The smallest absolute Gasteiger partial charge is 0.274 e. The summed E-state index contributed by atoms with van der Waals surface area (Å²) in [5, 5.41) is 6.06. The van der Waals surface area contributed by atoms with Gasteiger partial charge in [-0.2, -0.15) is 0 Å². The summed E-state index contributed by atoms with van der Waals surface area (Å²) in [6.07, 6.45) is 0.803. The number of hydrogen-bond donors (Lipinski definition) is 2. The Morgan fingerprint density at radius 1 is 1.04 bits per heavy atom. The number of rotatable bonds is 5. The van der Waals surface area contributed by atoms with Crippen LogP contribution in [0.4, 0.5) is 5.69 Å². The Morgan fingerprint density at radius 3 is 2.17 bits per heavy atom. The van der Waals surface area contributed by atoms with Gasteiger partial charge in [0.05, 0.1) is 15.7 Å². The van der Waals surface area contributed by atoms with Crippen LogP contribution in [-0.4, -0.2) is 22.8 Å². The second-order valence-electron chi connectivity index (χ2n) is 5.24. The van der Waals surface area contributed by atoms with Crippen LogP contribution in [0.3, 0.4) is 0 Å². The largest absolute Gasteiger partial charge is 0.348 e. The molecule has 1 heterocycles. The number of carbonyl (C=O) groups excluding carboxylic acids is 2. The lowest BCUT2D eigenvalue weighted by Crippen LogP contribution is -2.32. The van der Waals surface area contributed by atoms with E-state index in [0.717, 1.165) is 6.42 Å². The number of amides is 2. The molecule has 0 fully saturated rings. The number of nitrogens with one attached hydrogen (secondary N) is 2. The zero-order chi connectivity index (χ0) is 17.7. The van der Waals surface area contributed by atoms with Crippen LogP contribution in [0, 0.1) is 0 Å². The van der Waals surface area contributed by atoms with Gasteiger partial charge in [-0.25, -0.2) is 4.98 Å². The van der Waals surface area contributed by atoms with E-state index in [-0.39, 0.29) is 23.3 Å². The van der Waals surface area contributed by atoms with E-state index in [9.17, 15) is 9.59 Å². The Hall–Kier alpha value is -2.11. The molecule has 24 heavy (non-hydrogen) atoms. The third kappa shape index (κ3) is 4.46. The molecule has 1 aromatic heterocycles. The first-order valence-corrected chi connectivity index (χ1v) is 8.21. The fourth-order valence-electron chi connectivity index (χ4n) is 1.88. The second-order valence-corrected chi connectivity index (χ2v) is 6.06. The molecule has 1 unspecified atom stereocenters. The first-order chi connectivity index (χ1) is 11.4. The maximum atomic E-state index is 12.3. The SMILES string of the molecule is CCC(C)NC(=O)c1cccc(C(=O)Nc2c(Cl)cccc2Cl)n1. The first kappa shape index (κ1) is 18.2. The summed E-state index contributed by atoms with van der Waals surface area (Å²) in [4.78, 5) is 28.6. The van der Waals surface area contributed by atoms with Crippen molar-refractivity contribution in [3.05, 3.63) is 57.8 Å². The summed E-state index contributed by atoms with van der Waals surface area (Å²) in [6, 6.07) is 9.61. The minimum absolute atomic E-state index is 0.0266. The monoisotopic (exact) mass is 365 g/mol. The van der Waals surface area contributed by atoms with Gasteiger partial charge in [0.25, 0.3) is 11.8 Å². The van der Waals surface area contributed by atoms with Crippen LogP contribution in [0.2, 0.25) is 10.0 Å². The Labute approximate surface area is 150 Å². The fourth-order valence-corrected chi connectivity index (χ4v) is 2.37. The lowest BCUT2D eigenvalue weighted by Gasteiger charge is -2.12. The van der Waals surface area contributed by atoms with Gasteiger partial charge in [0.1, 0.15) is 11.4 Å². The highest BCUT2D eigenvalue weighted by molar-refractivity contribution is 6.40. The molecular weight excluding hydrogens is 349 g/mol. The lowest BCUT2D eigenvalue weighted by atomic mass is 10.2. The van der Waals surface area contributed by atoms with Crippen LogP contribution in [-0.2, 0) is 0 Å². The van der Waals surface area contributed by atoms with E-state index in [1.54, 1.807) is 30.3 Å².